The molecule has 0 aliphatic carbocycles. The van der Waals surface area contributed by atoms with Crippen LogP contribution in [0, 0.1) is 6.92 Å². The summed E-state index contributed by atoms with van der Waals surface area (Å²) in [6, 6.07) is 1.96. The van der Waals surface area contributed by atoms with E-state index in [2.05, 4.69) is 15.5 Å². The summed E-state index contributed by atoms with van der Waals surface area (Å²) in [5.41, 5.74) is 3.46. The van der Waals surface area contributed by atoms with Gasteiger partial charge in [-0.25, -0.2) is 9.50 Å². The van der Waals surface area contributed by atoms with Gasteiger partial charge in [-0.15, -0.1) is 0 Å². The molecule has 7 nitrogen and oxygen atoms in total. The minimum Gasteiger partial charge on any atom is -0.507 e. The Morgan fingerprint density at radius 3 is 2.81 bits per heavy atom. The lowest BCUT2D eigenvalue weighted by Crippen LogP contribution is -2.26. The molecule has 3 aromatic heterocycles. The van der Waals surface area contributed by atoms with E-state index in [0.29, 0.717) is 5.92 Å². The predicted octanol–water partition coefficient (Wildman–Crippen LogP) is 2.83. The number of hydrogen-bond acceptors (Lipinski definition) is 6. The summed E-state index contributed by atoms with van der Waals surface area (Å²) < 4.78 is 3.61. The molecule has 4 aromatic rings. The van der Waals surface area contributed by atoms with E-state index < -0.39 is 0 Å². The van der Waals surface area contributed by atoms with Crippen LogP contribution in [0.3, 0.4) is 0 Å². The Balaban J connectivity index is 1.57. The molecular weight excluding hydrogens is 348 g/mol. The molecule has 0 spiro atoms. The SMILES string of the molecule is Cc1c(O)c(-c2nn3cc(C4CCNCC4)nc3s2)cc2cn(C)nc12. The number of hydrogen-bond donors (Lipinski definition) is 2. The van der Waals surface area contributed by atoms with Crippen molar-refractivity contribution in [3.63, 3.8) is 0 Å². The third-order valence-electron chi connectivity index (χ3n) is 5.17. The molecule has 1 fully saturated rings. The highest BCUT2D eigenvalue weighted by molar-refractivity contribution is 7.19. The predicted molar refractivity (Wildman–Crippen MR) is 102 cm³/mol. The fourth-order valence-corrected chi connectivity index (χ4v) is 4.65. The number of rotatable bonds is 2. The van der Waals surface area contributed by atoms with Gasteiger partial charge in [-0.05, 0) is 38.9 Å². The van der Waals surface area contributed by atoms with Crippen molar-refractivity contribution in [3.05, 3.63) is 29.7 Å². The molecule has 0 radical (unpaired) electrons. The third-order valence-corrected chi connectivity index (χ3v) is 6.13. The van der Waals surface area contributed by atoms with Crippen molar-refractivity contribution < 1.29 is 5.11 Å². The van der Waals surface area contributed by atoms with E-state index in [1.54, 1.807) is 4.68 Å². The second-order valence-corrected chi connectivity index (χ2v) is 7.92. The molecule has 2 N–H and O–H groups in total. The first kappa shape index (κ1) is 15.8. The van der Waals surface area contributed by atoms with Gasteiger partial charge in [0.25, 0.3) is 0 Å². The van der Waals surface area contributed by atoms with Gasteiger partial charge in [-0.1, -0.05) is 11.3 Å². The number of aryl methyl sites for hydroxylation is 2. The van der Waals surface area contributed by atoms with E-state index >= 15 is 0 Å². The molecule has 0 bridgehead atoms. The number of aromatic hydroxyl groups is 1. The fourth-order valence-electron chi connectivity index (χ4n) is 3.75. The van der Waals surface area contributed by atoms with Gasteiger partial charge in [0.15, 0.2) is 5.01 Å². The maximum Gasteiger partial charge on any atom is 0.212 e. The topological polar surface area (TPSA) is 80.3 Å². The van der Waals surface area contributed by atoms with E-state index in [1.165, 1.54) is 11.3 Å². The number of fused-ring (bicyclic) bond motifs is 2. The molecule has 1 saturated heterocycles. The normalized spacial score (nSPS) is 16.1. The van der Waals surface area contributed by atoms with Gasteiger partial charge < -0.3 is 10.4 Å². The molecule has 0 unspecified atom stereocenters. The molecule has 4 heterocycles. The second kappa shape index (κ2) is 5.78. The average molecular weight is 368 g/mol. The Hall–Kier alpha value is -2.45. The van der Waals surface area contributed by atoms with Crippen molar-refractivity contribution in [1.29, 1.82) is 0 Å². The first-order valence-corrected chi connectivity index (χ1v) is 9.65. The van der Waals surface area contributed by atoms with Crippen molar-refractivity contribution in [2.45, 2.75) is 25.7 Å². The highest BCUT2D eigenvalue weighted by atomic mass is 32.1. The number of imidazole rings is 1. The number of aromatic nitrogens is 5. The summed E-state index contributed by atoms with van der Waals surface area (Å²) in [7, 11) is 1.88. The van der Waals surface area contributed by atoms with Crippen LogP contribution in [0.5, 0.6) is 5.75 Å². The fraction of sp³-hybridized carbons (Fsp3) is 0.389. The molecule has 26 heavy (non-hydrogen) atoms. The second-order valence-electron chi connectivity index (χ2n) is 6.96. The van der Waals surface area contributed by atoms with E-state index in [-0.39, 0.29) is 5.75 Å². The zero-order valence-electron chi connectivity index (χ0n) is 14.7. The average Bonchev–Trinajstić information content (AvgIpc) is 3.31. The lowest BCUT2D eigenvalue weighted by Gasteiger charge is -2.20. The van der Waals surface area contributed by atoms with Crippen LogP contribution < -0.4 is 5.32 Å². The van der Waals surface area contributed by atoms with Gasteiger partial charge in [0.2, 0.25) is 4.96 Å². The standard InChI is InChI=1S/C18H20N6OS/c1-10-15-12(8-23(2)21-15)7-13(16(10)25)17-22-24-9-14(20-18(24)26-17)11-3-5-19-6-4-11/h7-9,11,19,25H,3-6H2,1-2H3. The molecular formula is C18H20N6OS. The Labute approximate surface area is 154 Å². The van der Waals surface area contributed by atoms with Crippen LogP contribution in [0.1, 0.15) is 30.0 Å². The molecule has 1 aliphatic rings. The zero-order valence-corrected chi connectivity index (χ0v) is 15.5. The highest BCUT2D eigenvalue weighted by Gasteiger charge is 2.21. The van der Waals surface area contributed by atoms with Gasteiger partial charge in [0, 0.05) is 30.1 Å². The molecule has 0 atom stereocenters. The Morgan fingerprint density at radius 2 is 2.04 bits per heavy atom. The monoisotopic (exact) mass is 368 g/mol. The molecule has 0 saturated carbocycles. The summed E-state index contributed by atoms with van der Waals surface area (Å²) >= 11 is 1.51. The van der Waals surface area contributed by atoms with E-state index in [4.69, 9.17) is 4.98 Å². The number of piperidine rings is 1. The van der Waals surface area contributed by atoms with Gasteiger partial charge in [0.1, 0.15) is 5.75 Å². The number of phenols is 1. The summed E-state index contributed by atoms with van der Waals surface area (Å²) in [6.07, 6.45) is 6.24. The molecule has 134 valence electrons. The highest BCUT2D eigenvalue weighted by Crippen LogP contribution is 2.39. The van der Waals surface area contributed by atoms with Crippen molar-refractivity contribution in [1.82, 2.24) is 29.7 Å². The number of nitrogens with zero attached hydrogens (tertiary/aromatic N) is 5. The molecule has 5 rings (SSSR count). The van der Waals surface area contributed by atoms with E-state index in [9.17, 15) is 5.11 Å². The largest absolute Gasteiger partial charge is 0.507 e. The van der Waals surface area contributed by atoms with Crippen LogP contribution in [0.2, 0.25) is 0 Å². The Kier molecular flexibility index (Phi) is 3.51. The first-order valence-electron chi connectivity index (χ1n) is 8.83. The van der Waals surface area contributed by atoms with Crippen molar-refractivity contribution >= 4 is 27.2 Å². The van der Waals surface area contributed by atoms with Gasteiger partial charge >= 0.3 is 0 Å². The Bertz CT molecular complexity index is 1090. The van der Waals surface area contributed by atoms with Crippen LogP contribution >= 0.6 is 11.3 Å². The van der Waals surface area contributed by atoms with Gasteiger partial charge in [-0.2, -0.15) is 10.2 Å². The third kappa shape index (κ3) is 2.40. The molecule has 0 amide bonds. The quantitative estimate of drug-likeness (QED) is 0.569. The maximum atomic E-state index is 10.7. The molecule has 1 aliphatic heterocycles. The number of benzene rings is 1. The maximum absolute atomic E-state index is 10.7. The van der Waals surface area contributed by atoms with Crippen molar-refractivity contribution in [2.24, 2.45) is 7.05 Å². The number of nitrogens with one attached hydrogen (secondary N) is 1. The minimum atomic E-state index is 0.242. The summed E-state index contributed by atoms with van der Waals surface area (Å²) in [5, 5.41) is 24.9. The summed E-state index contributed by atoms with van der Waals surface area (Å²) in [4.78, 5) is 5.67. The van der Waals surface area contributed by atoms with Gasteiger partial charge in [-0.3, -0.25) is 4.68 Å². The van der Waals surface area contributed by atoms with Crippen molar-refractivity contribution in [2.75, 3.05) is 13.1 Å². The van der Waals surface area contributed by atoms with Crippen LogP contribution in [0.25, 0.3) is 26.4 Å². The summed E-state index contributed by atoms with van der Waals surface area (Å²) in [5.74, 6) is 0.753. The van der Waals surface area contributed by atoms with Crippen LogP contribution in [0.15, 0.2) is 18.5 Å². The van der Waals surface area contributed by atoms with E-state index in [0.717, 1.165) is 63.6 Å². The lowest BCUT2D eigenvalue weighted by molar-refractivity contribution is 0.454. The lowest BCUT2D eigenvalue weighted by atomic mass is 9.95. The summed E-state index contributed by atoms with van der Waals surface area (Å²) in [6.45, 7) is 3.99. The molecule has 8 heteroatoms. The zero-order chi connectivity index (χ0) is 17.8. The van der Waals surface area contributed by atoms with Crippen LogP contribution in [-0.4, -0.2) is 42.6 Å². The van der Waals surface area contributed by atoms with Crippen molar-refractivity contribution in [3.8, 4) is 16.3 Å². The first-order chi connectivity index (χ1) is 12.6. The minimum absolute atomic E-state index is 0.242. The molecule has 1 aromatic carbocycles. The number of phenolic OH excluding ortho intramolecular Hbond substituents is 1. The van der Waals surface area contributed by atoms with Crippen LogP contribution in [0.4, 0.5) is 0 Å². The Morgan fingerprint density at radius 1 is 1.23 bits per heavy atom. The smallest absolute Gasteiger partial charge is 0.212 e. The van der Waals surface area contributed by atoms with Gasteiger partial charge in [0.05, 0.1) is 23.0 Å². The van der Waals surface area contributed by atoms with Crippen LogP contribution in [-0.2, 0) is 7.05 Å². The van der Waals surface area contributed by atoms with E-state index in [1.807, 2.05) is 36.9 Å².